The zero-order chi connectivity index (χ0) is 14.6. The number of hydrogen-bond donors (Lipinski definition) is 2. The van der Waals surface area contributed by atoms with E-state index < -0.39 is 34.2 Å². The summed E-state index contributed by atoms with van der Waals surface area (Å²) in [5, 5.41) is 9.61. The van der Waals surface area contributed by atoms with E-state index in [1.165, 1.54) is 12.1 Å². The topological polar surface area (TPSA) is 101 Å². The van der Waals surface area contributed by atoms with Crippen LogP contribution in [0.3, 0.4) is 0 Å². The van der Waals surface area contributed by atoms with Crippen molar-refractivity contribution < 1.29 is 27.6 Å². The fourth-order valence-corrected chi connectivity index (χ4v) is 1.60. The van der Waals surface area contributed by atoms with Crippen molar-refractivity contribution in [1.29, 1.82) is 0 Å². The summed E-state index contributed by atoms with van der Waals surface area (Å²) in [7, 11) is 6.66. The Morgan fingerprint density at radius 3 is 2.53 bits per heavy atom. The maximum atomic E-state index is 11.6. The number of phenolic OH excluding ortho intramolecular Hbond substituents is 1. The molecule has 6 nitrogen and oxygen atoms in total. The molecule has 0 amide bonds. The van der Waals surface area contributed by atoms with E-state index in [0.717, 1.165) is 0 Å². The first kappa shape index (κ1) is 15.6. The maximum absolute atomic E-state index is 11.6. The van der Waals surface area contributed by atoms with Crippen molar-refractivity contribution in [3.05, 3.63) is 23.3 Å². The summed E-state index contributed by atoms with van der Waals surface area (Å²) in [6, 6.07) is 2.70. The smallest absolute Gasteiger partial charge is 0.341 e. The molecule has 9 heteroatoms. The number of carbonyl (C=O) groups is 1. The Morgan fingerprint density at radius 1 is 1.37 bits per heavy atom. The third-order valence-corrected chi connectivity index (χ3v) is 2.91. The molecule has 0 bridgehead atoms. The molecule has 98 valence electrons. The minimum atomic E-state index is -4.22. The number of rotatable bonds is 5. The van der Waals surface area contributed by atoms with Gasteiger partial charge in [0.05, 0.1) is 7.85 Å². The number of aromatic hydroxyl groups is 1. The molecule has 1 aromatic rings. The lowest BCUT2D eigenvalue weighted by Crippen LogP contribution is -2.17. The summed E-state index contributed by atoms with van der Waals surface area (Å²) in [4.78, 5) is 11.6. The number of ether oxygens (including phenoxy) is 1. The normalized spacial score (nSPS) is 11.2. The van der Waals surface area contributed by atoms with Crippen LogP contribution >= 0.6 is 0 Å². The van der Waals surface area contributed by atoms with E-state index in [0.29, 0.717) is 5.56 Å². The second kappa shape index (κ2) is 6.12. The molecule has 2 N–H and O–H groups in total. The molecule has 0 aliphatic rings. The minimum absolute atomic E-state index is 0.0373. The molecule has 0 aliphatic heterocycles. The van der Waals surface area contributed by atoms with Crippen LogP contribution in [0.15, 0.2) is 12.1 Å². The summed E-state index contributed by atoms with van der Waals surface area (Å²) >= 11 is 0. The summed E-state index contributed by atoms with van der Waals surface area (Å²) in [5.41, 5.74) is 0.262. The number of carbonyl (C=O) groups excluding carboxylic acids is 1. The van der Waals surface area contributed by atoms with Gasteiger partial charge in [0.1, 0.15) is 31.5 Å². The fraction of sp³-hybridized carbons (Fsp3) is 0.300. The standard InChI is InChI=1S/C10H10B2O6S/c11-5-6-3-7(9(13)8(12)4-6)10(14)18-1-2-19(15,16)17/h3-4,13H,1-2,5H2,(H,15,16,17). The monoisotopic (exact) mass is 280 g/mol. The first-order chi connectivity index (χ1) is 8.74. The van der Waals surface area contributed by atoms with E-state index in [9.17, 15) is 18.3 Å². The van der Waals surface area contributed by atoms with E-state index in [1.54, 1.807) is 0 Å². The van der Waals surface area contributed by atoms with Gasteiger partial charge in [0.2, 0.25) is 0 Å². The van der Waals surface area contributed by atoms with Gasteiger partial charge in [-0.25, -0.2) is 4.79 Å². The van der Waals surface area contributed by atoms with Crippen molar-refractivity contribution in [3.63, 3.8) is 0 Å². The molecule has 1 aromatic carbocycles. The van der Waals surface area contributed by atoms with Crippen LogP contribution in [-0.2, 0) is 21.2 Å². The van der Waals surface area contributed by atoms with Gasteiger partial charge >= 0.3 is 5.97 Å². The number of esters is 1. The third kappa shape index (κ3) is 4.60. The van der Waals surface area contributed by atoms with Crippen molar-refractivity contribution in [2.45, 2.75) is 6.32 Å². The van der Waals surface area contributed by atoms with Crippen LogP contribution in [0.25, 0.3) is 0 Å². The zero-order valence-electron chi connectivity index (χ0n) is 9.87. The van der Waals surface area contributed by atoms with E-state index in [1.807, 2.05) is 0 Å². The molecule has 0 aromatic heterocycles. The van der Waals surface area contributed by atoms with Gasteiger partial charge in [-0.3, -0.25) is 4.55 Å². The lowest BCUT2D eigenvalue weighted by atomic mass is 9.86. The van der Waals surface area contributed by atoms with Crippen LogP contribution in [0.2, 0.25) is 0 Å². The Morgan fingerprint density at radius 2 is 2.00 bits per heavy atom. The number of phenols is 1. The van der Waals surface area contributed by atoms with Crippen LogP contribution in [0.4, 0.5) is 0 Å². The molecule has 0 heterocycles. The SMILES string of the molecule is [B]Cc1cc([B])c(O)c(C(=O)OCCS(=O)(=O)O)c1. The van der Waals surface area contributed by atoms with Crippen molar-refractivity contribution in [3.8, 4) is 5.75 Å². The second-order valence-electron chi connectivity index (χ2n) is 3.71. The Hall–Kier alpha value is -1.47. The average Bonchev–Trinajstić information content (AvgIpc) is 2.30. The van der Waals surface area contributed by atoms with E-state index in [2.05, 4.69) is 4.74 Å². The molecule has 19 heavy (non-hydrogen) atoms. The first-order valence-electron chi connectivity index (χ1n) is 5.18. The summed E-state index contributed by atoms with van der Waals surface area (Å²) in [5.74, 6) is -2.15. The van der Waals surface area contributed by atoms with Gasteiger partial charge in [0.25, 0.3) is 10.1 Å². The Kier molecular flexibility index (Phi) is 5.02. The van der Waals surface area contributed by atoms with Gasteiger partial charge < -0.3 is 9.84 Å². The number of benzene rings is 1. The van der Waals surface area contributed by atoms with Gasteiger partial charge in [-0.15, -0.1) is 0 Å². The highest BCUT2D eigenvalue weighted by molar-refractivity contribution is 7.85. The molecule has 4 radical (unpaired) electrons. The summed E-state index contributed by atoms with van der Waals surface area (Å²) in [6.07, 6.45) is 0.107. The molecule has 0 fully saturated rings. The second-order valence-corrected chi connectivity index (χ2v) is 5.28. The molecule has 0 spiro atoms. The van der Waals surface area contributed by atoms with Crippen LogP contribution in [-0.4, -0.2) is 52.1 Å². The quantitative estimate of drug-likeness (QED) is 0.403. The Balaban J connectivity index is 2.85. The van der Waals surface area contributed by atoms with Crippen LogP contribution < -0.4 is 5.46 Å². The fourth-order valence-electron chi connectivity index (χ4n) is 1.31. The third-order valence-electron chi connectivity index (χ3n) is 2.23. The summed E-state index contributed by atoms with van der Waals surface area (Å²) < 4.78 is 34.0. The zero-order valence-corrected chi connectivity index (χ0v) is 10.7. The van der Waals surface area contributed by atoms with Gasteiger partial charge in [-0.2, -0.15) is 8.42 Å². The van der Waals surface area contributed by atoms with E-state index in [4.69, 9.17) is 20.2 Å². The first-order valence-corrected chi connectivity index (χ1v) is 6.79. The number of hydrogen-bond acceptors (Lipinski definition) is 5. The minimum Gasteiger partial charge on any atom is -0.508 e. The lowest BCUT2D eigenvalue weighted by molar-refractivity contribution is 0.0525. The van der Waals surface area contributed by atoms with Crippen molar-refractivity contribution in [1.82, 2.24) is 0 Å². The van der Waals surface area contributed by atoms with Crippen molar-refractivity contribution in [2.75, 3.05) is 12.4 Å². The van der Waals surface area contributed by atoms with Gasteiger partial charge in [0, 0.05) is 0 Å². The molecule has 0 saturated heterocycles. The van der Waals surface area contributed by atoms with Crippen molar-refractivity contribution >= 4 is 37.2 Å². The van der Waals surface area contributed by atoms with Crippen LogP contribution in [0, 0.1) is 0 Å². The Labute approximate surface area is 113 Å². The van der Waals surface area contributed by atoms with E-state index >= 15 is 0 Å². The lowest BCUT2D eigenvalue weighted by Gasteiger charge is -2.10. The molecular weight excluding hydrogens is 270 g/mol. The predicted molar refractivity (Wildman–Crippen MR) is 69.7 cm³/mol. The predicted octanol–water partition coefficient (Wildman–Crippen LogP) is -1.10. The highest BCUT2D eigenvalue weighted by Gasteiger charge is 2.16. The largest absolute Gasteiger partial charge is 0.508 e. The molecule has 0 saturated carbocycles. The van der Waals surface area contributed by atoms with Gasteiger partial charge in [-0.05, 0) is 6.07 Å². The van der Waals surface area contributed by atoms with E-state index in [-0.39, 0.29) is 17.3 Å². The molecular formula is C10H10B2O6S. The Bertz CT molecular complexity index is 584. The van der Waals surface area contributed by atoms with Crippen LogP contribution in [0.1, 0.15) is 15.9 Å². The molecule has 0 atom stereocenters. The highest BCUT2D eigenvalue weighted by Crippen LogP contribution is 2.17. The highest BCUT2D eigenvalue weighted by atomic mass is 32.2. The van der Waals surface area contributed by atoms with Gasteiger partial charge in [-0.1, -0.05) is 23.4 Å². The molecule has 0 unspecified atom stereocenters. The summed E-state index contributed by atoms with van der Waals surface area (Å²) in [6.45, 7) is -0.538. The van der Waals surface area contributed by atoms with Crippen LogP contribution in [0.5, 0.6) is 5.75 Å². The molecule has 1 rings (SSSR count). The molecule has 0 aliphatic carbocycles. The van der Waals surface area contributed by atoms with Crippen molar-refractivity contribution in [2.24, 2.45) is 0 Å². The maximum Gasteiger partial charge on any atom is 0.341 e. The van der Waals surface area contributed by atoms with Gasteiger partial charge in [0.15, 0.2) is 0 Å². The average molecular weight is 280 g/mol.